The molecule has 0 aromatic heterocycles. The van der Waals surface area contributed by atoms with Crippen LogP contribution < -0.4 is 4.74 Å². The van der Waals surface area contributed by atoms with Gasteiger partial charge in [-0.3, -0.25) is 0 Å². The third kappa shape index (κ3) is 2.27. The van der Waals surface area contributed by atoms with Crippen molar-refractivity contribution in [3.05, 3.63) is 48.0 Å². The van der Waals surface area contributed by atoms with Gasteiger partial charge < -0.3 is 14.9 Å². The molecule has 0 fully saturated rings. The Morgan fingerprint density at radius 2 is 1.67 bits per heavy atom. The average Bonchev–Trinajstić information content (AvgIpc) is 2.39. The molecule has 4 heteroatoms. The maximum atomic E-state index is 10.9. The second-order valence-electron chi connectivity index (χ2n) is 3.77. The lowest BCUT2D eigenvalue weighted by atomic mass is 10.0. The van der Waals surface area contributed by atoms with Gasteiger partial charge in [0, 0.05) is 0 Å². The lowest BCUT2D eigenvalue weighted by Gasteiger charge is -2.06. The van der Waals surface area contributed by atoms with E-state index in [0.717, 1.165) is 16.9 Å². The van der Waals surface area contributed by atoms with Gasteiger partial charge in [0.2, 0.25) is 0 Å². The zero-order chi connectivity index (χ0) is 13.1. The number of ether oxygens (including phenoxy) is 1. The summed E-state index contributed by atoms with van der Waals surface area (Å²) in [5.41, 5.74) is 1.48. The van der Waals surface area contributed by atoms with E-state index in [2.05, 4.69) is 0 Å². The van der Waals surface area contributed by atoms with Crippen LogP contribution in [0.1, 0.15) is 10.4 Å². The maximum Gasteiger partial charge on any atom is 0.339 e. The number of rotatable bonds is 3. The van der Waals surface area contributed by atoms with Crippen LogP contribution in [0.3, 0.4) is 0 Å². The van der Waals surface area contributed by atoms with Crippen LogP contribution in [0.2, 0.25) is 0 Å². The predicted octanol–water partition coefficient (Wildman–Crippen LogP) is 2.77. The molecule has 2 aromatic carbocycles. The molecule has 0 spiro atoms. The van der Waals surface area contributed by atoms with Crippen LogP contribution >= 0.6 is 0 Å². The number of hydrogen-bond donors (Lipinski definition) is 2. The van der Waals surface area contributed by atoms with Gasteiger partial charge in [0.25, 0.3) is 0 Å². The van der Waals surface area contributed by atoms with Crippen LogP contribution in [0.15, 0.2) is 42.5 Å². The Hall–Kier alpha value is -2.49. The third-order valence-electron chi connectivity index (χ3n) is 2.65. The fraction of sp³-hybridized carbons (Fsp3) is 0.0714. The average molecular weight is 244 g/mol. The SMILES string of the molecule is COc1ccc(-c2ccc(O)c(C(=O)O)c2)cc1. The van der Waals surface area contributed by atoms with Crippen LogP contribution in [0.4, 0.5) is 0 Å². The molecule has 18 heavy (non-hydrogen) atoms. The maximum absolute atomic E-state index is 10.9. The Balaban J connectivity index is 2.44. The molecule has 0 saturated carbocycles. The van der Waals surface area contributed by atoms with E-state index in [-0.39, 0.29) is 11.3 Å². The van der Waals surface area contributed by atoms with Crippen molar-refractivity contribution in [2.45, 2.75) is 0 Å². The minimum absolute atomic E-state index is 0.108. The summed E-state index contributed by atoms with van der Waals surface area (Å²) in [6, 6.07) is 11.7. The Morgan fingerprint density at radius 3 is 2.22 bits per heavy atom. The number of aromatic carboxylic acids is 1. The number of aromatic hydroxyl groups is 1. The fourth-order valence-electron chi connectivity index (χ4n) is 1.67. The van der Waals surface area contributed by atoms with Gasteiger partial charge in [-0.15, -0.1) is 0 Å². The standard InChI is InChI=1S/C14H12O4/c1-18-11-5-2-9(3-6-11)10-4-7-13(15)12(8-10)14(16)17/h2-8,15H,1H3,(H,16,17). The van der Waals surface area contributed by atoms with Gasteiger partial charge in [0.15, 0.2) is 0 Å². The summed E-state index contributed by atoms with van der Waals surface area (Å²) in [6.07, 6.45) is 0. The van der Waals surface area contributed by atoms with Gasteiger partial charge >= 0.3 is 5.97 Å². The Kier molecular flexibility index (Phi) is 3.19. The van der Waals surface area contributed by atoms with Crippen molar-refractivity contribution in [2.75, 3.05) is 7.11 Å². The summed E-state index contributed by atoms with van der Waals surface area (Å²) in [5, 5.41) is 18.4. The quantitative estimate of drug-likeness (QED) is 0.871. The molecule has 2 aromatic rings. The van der Waals surface area contributed by atoms with E-state index in [1.807, 2.05) is 12.1 Å². The van der Waals surface area contributed by atoms with E-state index in [1.165, 1.54) is 12.1 Å². The summed E-state index contributed by atoms with van der Waals surface area (Å²) in [5.74, 6) is -0.654. The molecule has 4 nitrogen and oxygen atoms in total. The molecule has 0 atom stereocenters. The highest BCUT2D eigenvalue weighted by molar-refractivity contribution is 5.92. The number of phenols is 1. The van der Waals surface area contributed by atoms with E-state index in [9.17, 15) is 9.90 Å². The predicted molar refractivity (Wildman–Crippen MR) is 67.1 cm³/mol. The van der Waals surface area contributed by atoms with Gasteiger partial charge in [0.1, 0.15) is 17.1 Å². The van der Waals surface area contributed by atoms with Gasteiger partial charge in [-0.05, 0) is 35.4 Å². The molecule has 0 bridgehead atoms. The number of carboxylic acid groups (broad SMARTS) is 1. The van der Waals surface area contributed by atoms with Crippen LogP contribution in [-0.2, 0) is 0 Å². The summed E-state index contributed by atoms with van der Waals surface area (Å²) in [4.78, 5) is 10.9. The topological polar surface area (TPSA) is 66.8 Å². The molecule has 92 valence electrons. The molecule has 0 radical (unpaired) electrons. The van der Waals surface area contributed by atoms with Crippen molar-refractivity contribution in [3.63, 3.8) is 0 Å². The molecule has 0 aliphatic carbocycles. The molecule has 0 aliphatic heterocycles. The zero-order valence-electron chi connectivity index (χ0n) is 9.75. The lowest BCUT2D eigenvalue weighted by Crippen LogP contribution is -1.97. The normalized spacial score (nSPS) is 10.1. The van der Waals surface area contributed by atoms with E-state index in [1.54, 1.807) is 25.3 Å². The van der Waals surface area contributed by atoms with Gasteiger partial charge in [-0.2, -0.15) is 0 Å². The number of carboxylic acids is 1. The largest absolute Gasteiger partial charge is 0.507 e. The van der Waals surface area contributed by atoms with E-state index in [4.69, 9.17) is 9.84 Å². The first kappa shape index (κ1) is 12.0. The molecule has 0 amide bonds. The molecular formula is C14H12O4. The van der Waals surface area contributed by atoms with Crippen molar-refractivity contribution in [3.8, 4) is 22.6 Å². The van der Waals surface area contributed by atoms with Gasteiger partial charge in [0.05, 0.1) is 7.11 Å². The number of hydrogen-bond acceptors (Lipinski definition) is 3. The van der Waals surface area contributed by atoms with E-state index < -0.39 is 5.97 Å². The van der Waals surface area contributed by atoms with Gasteiger partial charge in [-0.25, -0.2) is 4.79 Å². The first-order valence-electron chi connectivity index (χ1n) is 5.32. The highest BCUT2D eigenvalue weighted by Gasteiger charge is 2.10. The van der Waals surface area contributed by atoms with E-state index >= 15 is 0 Å². The highest BCUT2D eigenvalue weighted by atomic mass is 16.5. The molecule has 0 aliphatic rings. The highest BCUT2D eigenvalue weighted by Crippen LogP contribution is 2.27. The van der Waals surface area contributed by atoms with E-state index in [0.29, 0.717) is 0 Å². The Labute approximate surface area is 104 Å². The van der Waals surface area contributed by atoms with Crippen LogP contribution in [0, 0.1) is 0 Å². The minimum atomic E-state index is -1.15. The van der Waals surface area contributed by atoms with Crippen molar-refractivity contribution < 1.29 is 19.7 Å². The van der Waals surface area contributed by atoms with Crippen LogP contribution in [0.25, 0.3) is 11.1 Å². The third-order valence-corrected chi connectivity index (χ3v) is 2.65. The molecular weight excluding hydrogens is 232 g/mol. The number of benzene rings is 2. The monoisotopic (exact) mass is 244 g/mol. The van der Waals surface area contributed by atoms with Crippen molar-refractivity contribution in [1.82, 2.24) is 0 Å². The van der Waals surface area contributed by atoms with Crippen LogP contribution in [0.5, 0.6) is 11.5 Å². The number of carbonyl (C=O) groups is 1. The summed E-state index contributed by atoms with van der Waals surface area (Å²) in [6.45, 7) is 0. The second kappa shape index (κ2) is 4.79. The Bertz CT molecular complexity index is 573. The first-order valence-corrected chi connectivity index (χ1v) is 5.32. The molecule has 0 unspecified atom stereocenters. The van der Waals surface area contributed by atoms with Gasteiger partial charge in [-0.1, -0.05) is 18.2 Å². The smallest absolute Gasteiger partial charge is 0.339 e. The summed E-state index contributed by atoms with van der Waals surface area (Å²) >= 11 is 0. The minimum Gasteiger partial charge on any atom is -0.507 e. The molecule has 0 heterocycles. The zero-order valence-corrected chi connectivity index (χ0v) is 9.75. The molecule has 2 rings (SSSR count). The number of methoxy groups -OCH3 is 1. The molecule has 2 N–H and O–H groups in total. The van der Waals surface area contributed by atoms with Crippen LogP contribution in [-0.4, -0.2) is 23.3 Å². The first-order chi connectivity index (χ1) is 8.61. The molecule has 0 saturated heterocycles. The van der Waals surface area contributed by atoms with Crippen molar-refractivity contribution in [1.29, 1.82) is 0 Å². The lowest BCUT2D eigenvalue weighted by molar-refractivity contribution is 0.0694. The van der Waals surface area contributed by atoms with Crippen molar-refractivity contribution in [2.24, 2.45) is 0 Å². The second-order valence-corrected chi connectivity index (χ2v) is 3.77. The fourth-order valence-corrected chi connectivity index (χ4v) is 1.67. The van der Waals surface area contributed by atoms with Crippen molar-refractivity contribution >= 4 is 5.97 Å². The Morgan fingerprint density at radius 1 is 1.06 bits per heavy atom. The summed E-state index contributed by atoms with van der Waals surface area (Å²) in [7, 11) is 1.58. The summed E-state index contributed by atoms with van der Waals surface area (Å²) < 4.78 is 5.05.